The molecule has 1 saturated heterocycles. The topological polar surface area (TPSA) is 66.5 Å². The molecule has 1 aliphatic heterocycles. The first kappa shape index (κ1) is 23.2. The highest BCUT2D eigenvalue weighted by Gasteiger charge is 2.29. The predicted octanol–water partition coefficient (Wildman–Crippen LogP) is 3.98. The number of piperidine rings is 1. The van der Waals surface area contributed by atoms with Crippen molar-refractivity contribution in [2.75, 3.05) is 19.6 Å². The van der Waals surface area contributed by atoms with Crippen LogP contribution in [0.15, 0.2) is 47.9 Å². The lowest BCUT2D eigenvalue weighted by Gasteiger charge is -2.29. The lowest BCUT2D eigenvalue weighted by Crippen LogP contribution is -2.42. The van der Waals surface area contributed by atoms with Crippen LogP contribution in [0, 0.1) is 26.7 Å². The minimum Gasteiger partial charge on any atom is -0.356 e. The number of rotatable bonds is 7. The number of hydrogen-bond donors (Lipinski definition) is 1. The number of benzene rings is 2. The van der Waals surface area contributed by atoms with E-state index >= 15 is 0 Å². The summed E-state index contributed by atoms with van der Waals surface area (Å²) < 4.78 is 26.6. The van der Waals surface area contributed by atoms with Crippen LogP contribution in [0.1, 0.15) is 40.7 Å². The molecule has 31 heavy (non-hydrogen) atoms. The van der Waals surface area contributed by atoms with E-state index in [1.165, 1.54) is 32.0 Å². The monoisotopic (exact) mass is 440 g/mol. The van der Waals surface area contributed by atoms with Gasteiger partial charge in [0.2, 0.25) is 15.9 Å². The van der Waals surface area contributed by atoms with E-state index in [2.05, 4.69) is 38.2 Å². The molecule has 0 atom stereocenters. The summed E-state index contributed by atoms with van der Waals surface area (Å²) >= 11 is 0. The molecular weight excluding hydrogens is 408 g/mol. The summed E-state index contributed by atoms with van der Waals surface area (Å²) in [5.41, 5.74) is 5.90. The van der Waals surface area contributed by atoms with Gasteiger partial charge in [0.05, 0.1) is 0 Å². The largest absolute Gasteiger partial charge is 0.356 e. The van der Waals surface area contributed by atoms with Gasteiger partial charge >= 0.3 is 0 Å². The zero-order chi connectivity index (χ0) is 22.4. The van der Waals surface area contributed by atoms with E-state index in [0.29, 0.717) is 32.5 Å². The summed E-state index contributed by atoms with van der Waals surface area (Å²) in [5.74, 6) is -0.107. The molecule has 0 aliphatic carbocycles. The van der Waals surface area contributed by atoms with E-state index in [4.69, 9.17) is 0 Å². The first-order chi connectivity index (χ1) is 14.8. The Balaban J connectivity index is 1.48. The molecule has 166 valence electrons. The van der Waals surface area contributed by atoms with Gasteiger partial charge in [0.1, 0.15) is 0 Å². The second-order valence-electron chi connectivity index (χ2n) is 8.35. The van der Waals surface area contributed by atoms with Crippen LogP contribution in [0.4, 0.5) is 0 Å². The molecule has 3 rings (SSSR count). The second-order valence-corrected chi connectivity index (χ2v) is 10.2. The van der Waals surface area contributed by atoms with Gasteiger partial charge in [0.15, 0.2) is 0 Å². The Bertz CT molecular complexity index is 1010. The zero-order valence-electron chi connectivity index (χ0n) is 18.6. The van der Waals surface area contributed by atoms with E-state index in [-0.39, 0.29) is 11.8 Å². The minimum atomic E-state index is -3.48. The predicted molar refractivity (Wildman–Crippen MR) is 126 cm³/mol. The Morgan fingerprint density at radius 1 is 1.06 bits per heavy atom. The molecule has 1 heterocycles. The average molecular weight is 441 g/mol. The quantitative estimate of drug-likeness (QED) is 0.708. The smallest absolute Gasteiger partial charge is 0.236 e. The van der Waals surface area contributed by atoms with Gasteiger partial charge in [-0.25, -0.2) is 8.42 Å². The number of aryl methyl sites for hydroxylation is 3. The SMILES string of the molecule is Cc1cc(C)c(CCNC(=O)C2CCN(S(=O)(=O)C=Cc3ccccc3)CC2)c(C)c1. The second kappa shape index (κ2) is 10.2. The number of sulfonamides is 1. The Labute approximate surface area is 186 Å². The van der Waals surface area contributed by atoms with Crippen molar-refractivity contribution in [2.24, 2.45) is 5.92 Å². The van der Waals surface area contributed by atoms with Gasteiger partial charge < -0.3 is 5.32 Å². The first-order valence-electron chi connectivity index (χ1n) is 10.8. The molecule has 2 aromatic carbocycles. The average Bonchev–Trinajstić information content (AvgIpc) is 2.75. The molecular formula is C25H32N2O3S. The van der Waals surface area contributed by atoms with Crippen LogP contribution in [0.3, 0.4) is 0 Å². The van der Waals surface area contributed by atoms with Gasteiger partial charge in [-0.2, -0.15) is 4.31 Å². The van der Waals surface area contributed by atoms with Crippen molar-refractivity contribution in [3.8, 4) is 0 Å². The van der Waals surface area contributed by atoms with Crippen molar-refractivity contribution in [1.82, 2.24) is 9.62 Å². The van der Waals surface area contributed by atoms with Crippen LogP contribution in [0.25, 0.3) is 6.08 Å². The molecule has 0 aromatic heterocycles. The number of nitrogens with zero attached hydrogens (tertiary/aromatic N) is 1. The van der Waals surface area contributed by atoms with Crippen LogP contribution >= 0.6 is 0 Å². The third kappa shape index (κ3) is 6.28. The van der Waals surface area contributed by atoms with Gasteiger partial charge in [-0.1, -0.05) is 48.0 Å². The third-order valence-corrected chi connectivity index (χ3v) is 7.50. The summed E-state index contributed by atoms with van der Waals surface area (Å²) in [6.07, 6.45) is 3.52. The number of carbonyl (C=O) groups is 1. The van der Waals surface area contributed by atoms with Crippen molar-refractivity contribution in [3.05, 3.63) is 75.7 Å². The van der Waals surface area contributed by atoms with Crippen LogP contribution in [-0.2, 0) is 21.2 Å². The molecule has 2 aromatic rings. The van der Waals surface area contributed by atoms with Crippen molar-refractivity contribution >= 4 is 22.0 Å². The van der Waals surface area contributed by atoms with Gasteiger partial charge in [-0.15, -0.1) is 0 Å². The summed E-state index contributed by atoms with van der Waals surface area (Å²) in [7, 11) is -3.48. The molecule has 1 aliphatic rings. The van der Waals surface area contributed by atoms with Gasteiger partial charge in [-0.3, -0.25) is 4.79 Å². The molecule has 0 radical (unpaired) electrons. The summed E-state index contributed by atoms with van der Waals surface area (Å²) in [4.78, 5) is 12.6. The molecule has 5 nitrogen and oxygen atoms in total. The number of hydrogen-bond acceptors (Lipinski definition) is 3. The van der Waals surface area contributed by atoms with E-state index in [1.807, 2.05) is 30.3 Å². The Hall–Kier alpha value is -2.44. The fraction of sp³-hybridized carbons (Fsp3) is 0.400. The van der Waals surface area contributed by atoms with Crippen LogP contribution in [0.5, 0.6) is 0 Å². The Morgan fingerprint density at radius 2 is 1.68 bits per heavy atom. The first-order valence-corrected chi connectivity index (χ1v) is 12.3. The molecule has 1 amide bonds. The summed E-state index contributed by atoms with van der Waals surface area (Å²) in [6, 6.07) is 13.7. The maximum atomic E-state index is 12.6. The lowest BCUT2D eigenvalue weighted by atomic mass is 9.96. The van der Waals surface area contributed by atoms with E-state index in [9.17, 15) is 13.2 Å². The Kier molecular flexibility index (Phi) is 7.68. The zero-order valence-corrected chi connectivity index (χ0v) is 19.4. The highest BCUT2D eigenvalue weighted by Crippen LogP contribution is 2.21. The van der Waals surface area contributed by atoms with E-state index < -0.39 is 10.0 Å². The molecule has 1 N–H and O–H groups in total. The molecule has 0 unspecified atom stereocenters. The minimum absolute atomic E-state index is 0.0271. The van der Waals surface area contributed by atoms with Crippen LogP contribution in [0.2, 0.25) is 0 Å². The molecule has 0 bridgehead atoms. The van der Waals surface area contributed by atoms with Gasteiger partial charge in [0.25, 0.3) is 0 Å². The summed E-state index contributed by atoms with van der Waals surface area (Å²) in [5, 5.41) is 4.31. The number of carbonyl (C=O) groups excluding carboxylic acids is 1. The van der Waals surface area contributed by atoms with E-state index in [1.54, 1.807) is 6.08 Å². The number of nitrogens with one attached hydrogen (secondary N) is 1. The van der Waals surface area contributed by atoms with Crippen molar-refractivity contribution in [2.45, 2.75) is 40.0 Å². The van der Waals surface area contributed by atoms with E-state index in [0.717, 1.165) is 12.0 Å². The lowest BCUT2D eigenvalue weighted by molar-refractivity contribution is -0.126. The number of amides is 1. The van der Waals surface area contributed by atoms with Crippen molar-refractivity contribution in [1.29, 1.82) is 0 Å². The highest BCUT2D eigenvalue weighted by molar-refractivity contribution is 7.92. The maximum absolute atomic E-state index is 12.6. The maximum Gasteiger partial charge on any atom is 0.236 e. The third-order valence-electron chi connectivity index (χ3n) is 5.93. The normalized spacial score (nSPS) is 16.0. The molecule has 1 fully saturated rings. The fourth-order valence-electron chi connectivity index (χ4n) is 4.25. The van der Waals surface area contributed by atoms with Crippen molar-refractivity contribution < 1.29 is 13.2 Å². The molecule has 0 spiro atoms. The molecule has 0 saturated carbocycles. The molecule has 6 heteroatoms. The van der Waals surface area contributed by atoms with Gasteiger partial charge in [-0.05, 0) is 68.4 Å². The van der Waals surface area contributed by atoms with Crippen LogP contribution in [-0.4, -0.2) is 38.3 Å². The highest BCUT2D eigenvalue weighted by atomic mass is 32.2. The fourth-order valence-corrected chi connectivity index (χ4v) is 5.47. The standard InChI is InChI=1S/C25H32N2O3S/c1-19-17-20(2)24(21(3)18-19)9-13-26-25(28)23-10-14-27(15-11-23)31(29,30)16-12-22-7-5-4-6-8-22/h4-8,12,16-18,23H,9-11,13-15H2,1-3H3,(H,26,28). The van der Waals surface area contributed by atoms with Gasteiger partial charge in [0, 0.05) is 31.0 Å². The summed E-state index contributed by atoms with van der Waals surface area (Å²) in [6.45, 7) is 7.65. The van der Waals surface area contributed by atoms with Crippen LogP contribution < -0.4 is 5.32 Å². The van der Waals surface area contributed by atoms with Crippen molar-refractivity contribution in [3.63, 3.8) is 0 Å². The Morgan fingerprint density at radius 3 is 2.29 bits per heavy atom.